The lowest BCUT2D eigenvalue weighted by Gasteiger charge is -2.46. The van der Waals surface area contributed by atoms with Crippen LogP contribution in [0.4, 0.5) is 0 Å². The molecule has 2 atom stereocenters. The van der Waals surface area contributed by atoms with Crippen molar-refractivity contribution in [3.8, 4) is 0 Å². The van der Waals surface area contributed by atoms with Gasteiger partial charge in [-0.15, -0.1) is 0 Å². The minimum Gasteiger partial charge on any atom is -0.311 e. The van der Waals surface area contributed by atoms with Crippen LogP contribution in [0.3, 0.4) is 0 Å². The number of nitrogens with zero attached hydrogens (tertiary/aromatic N) is 1. The second-order valence-electron chi connectivity index (χ2n) is 7.18. The average molecular weight is 287 g/mol. The van der Waals surface area contributed by atoms with Crippen molar-refractivity contribution in [1.82, 2.24) is 10.2 Å². The first kappa shape index (κ1) is 17.3. The van der Waals surface area contributed by atoms with E-state index < -0.39 is 0 Å². The summed E-state index contributed by atoms with van der Waals surface area (Å²) >= 11 is 2.07. The van der Waals surface area contributed by atoms with Crippen molar-refractivity contribution in [1.29, 1.82) is 0 Å². The molecule has 1 N–H and O–H groups in total. The Morgan fingerprint density at radius 3 is 2.53 bits per heavy atom. The van der Waals surface area contributed by atoms with Gasteiger partial charge in [-0.05, 0) is 35.8 Å². The molecule has 0 aromatic rings. The van der Waals surface area contributed by atoms with Gasteiger partial charge in [0, 0.05) is 25.2 Å². The molecule has 0 aromatic heterocycles. The van der Waals surface area contributed by atoms with E-state index >= 15 is 0 Å². The van der Waals surface area contributed by atoms with Gasteiger partial charge in [0.2, 0.25) is 0 Å². The third-order valence-corrected chi connectivity index (χ3v) is 5.20. The molecule has 0 aromatic carbocycles. The van der Waals surface area contributed by atoms with E-state index in [0.29, 0.717) is 17.5 Å². The van der Waals surface area contributed by atoms with Gasteiger partial charge in [-0.25, -0.2) is 0 Å². The summed E-state index contributed by atoms with van der Waals surface area (Å²) in [6.45, 7) is 17.7. The molecule has 0 aliphatic carbocycles. The second-order valence-corrected chi connectivity index (χ2v) is 8.58. The van der Waals surface area contributed by atoms with Crippen LogP contribution in [0.5, 0.6) is 0 Å². The summed E-state index contributed by atoms with van der Waals surface area (Å²) in [6, 6.07) is 1.34. The van der Waals surface area contributed by atoms with Gasteiger partial charge in [0.15, 0.2) is 0 Å². The maximum Gasteiger partial charge on any atom is 0.0244 e. The van der Waals surface area contributed by atoms with E-state index in [4.69, 9.17) is 0 Å². The summed E-state index contributed by atoms with van der Waals surface area (Å²) in [6.07, 6.45) is 1.33. The first-order chi connectivity index (χ1) is 8.86. The second kappa shape index (κ2) is 7.90. The van der Waals surface area contributed by atoms with Crippen LogP contribution in [0, 0.1) is 11.3 Å². The van der Waals surface area contributed by atoms with Gasteiger partial charge in [-0.3, -0.25) is 4.90 Å². The Kier molecular flexibility index (Phi) is 7.20. The first-order valence-electron chi connectivity index (χ1n) is 7.91. The minimum absolute atomic E-state index is 0.359. The molecule has 3 heteroatoms. The Labute approximate surface area is 125 Å². The number of hydrogen-bond donors (Lipinski definition) is 1. The Morgan fingerprint density at radius 2 is 2.00 bits per heavy atom. The predicted octanol–water partition coefficient (Wildman–Crippen LogP) is 3.47. The lowest BCUT2D eigenvalue weighted by atomic mass is 9.83. The van der Waals surface area contributed by atoms with Crippen molar-refractivity contribution in [3.63, 3.8) is 0 Å². The molecule has 2 nitrogen and oxygen atoms in total. The van der Waals surface area contributed by atoms with Gasteiger partial charge >= 0.3 is 0 Å². The molecule has 0 radical (unpaired) electrons. The smallest absolute Gasteiger partial charge is 0.0244 e. The highest BCUT2D eigenvalue weighted by Gasteiger charge is 2.34. The Balaban J connectivity index is 2.53. The minimum atomic E-state index is 0.359. The summed E-state index contributed by atoms with van der Waals surface area (Å²) < 4.78 is 0. The SMILES string of the molecule is CCSCCCN1CC(C(C)(C)C)NCC1C(C)C. The first-order valence-corrected chi connectivity index (χ1v) is 9.07. The zero-order valence-electron chi connectivity index (χ0n) is 13.8. The number of rotatable bonds is 6. The molecule has 1 aliphatic heterocycles. The van der Waals surface area contributed by atoms with Crippen LogP contribution in [0.25, 0.3) is 0 Å². The van der Waals surface area contributed by atoms with Crippen LogP contribution >= 0.6 is 11.8 Å². The Morgan fingerprint density at radius 1 is 1.32 bits per heavy atom. The molecule has 1 rings (SSSR count). The highest BCUT2D eigenvalue weighted by molar-refractivity contribution is 7.99. The van der Waals surface area contributed by atoms with Crippen molar-refractivity contribution < 1.29 is 0 Å². The van der Waals surface area contributed by atoms with Gasteiger partial charge in [0.1, 0.15) is 0 Å². The van der Waals surface area contributed by atoms with Gasteiger partial charge < -0.3 is 5.32 Å². The van der Waals surface area contributed by atoms with Crippen LogP contribution in [-0.2, 0) is 0 Å². The Bertz CT molecular complexity index is 248. The van der Waals surface area contributed by atoms with E-state index in [1.54, 1.807) is 0 Å². The van der Waals surface area contributed by atoms with Crippen LogP contribution in [-0.4, -0.2) is 48.1 Å². The normalized spacial score (nSPS) is 26.1. The van der Waals surface area contributed by atoms with E-state index in [1.807, 2.05) is 0 Å². The molecular weight excluding hydrogens is 252 g/mol. The molecule has 114 valence electrons. The van der Waals surface area contributed by atoms with Gasteiger partial charge in [-0.1, -0.05) is 41.5 Å². The summed E-state index contributed by atoms with van der Waals surface area (Å²) in [7, 11) is 0. The van der Waals surface area contributed by atoms with E-state index in [-0.39, 0.29) is 0 Å². The third kappa shape index (κ3) is 5.65. The molecular formula is C16H34N2S. The third-order valence-electron chi connectivity index (χ3n) is 4.21. The van der Waals surface area contributed by atoms with Crippen LogP contribution in [0.15, 0.2) is 0 Å². The molecule has 1 heterocycles. The summed E-state index contributed by atoms with van der Waals surface area (Å²) in [5, 5.41) is 3.78. The lowest BCUT2D eigenvalue weighted by Crippen LogP contribution is -2.61. The molecule has 0 amide bonds. The highest BCUT2D eigenvalue weighted by Crippen LogP contribution is 2.25. The molecule has 2 unspecified atom stereocenters. The molecule has 19 heavy (non-hydrogen) atoms. The predicted molar refractivity (Wildman–Crippen MR) is 89.1 cm³/mol. The van der Waals surface area contributed by atoms with E-state index in [2.05, 4.69) is 63.5 Å². The standard InChI is InChI=1S/C16H34N2S/c1-7-19-10-8-9-18-12-15(16(4,5)6)17-11-14(18)13(2)3/h13-15,17H,7-12H2,1-6H3. The van der Waals surface area contributed by atoms with Gasteiger partial charge in [-0.2, -0.15) is 11.8 Å². The fourth-order valence-electron chi connectivity index (χ4n) is 2.84. The van der Waals surface area contributed by atoms with Crippen LogP contribution in [0.2, 0.25) is 0 Å². The largest absolute Gasteiger partial charge is 0.311 e. The fraction of sp³-hybridized carbons (Fsp3) is 1.00. The van der Waals surface area contributed by atoms with Gasteiger partial charge in [0.05, 0.1) is 0 Å². The average Bonchev–Trinajstić information content (AvgIpc) is 2.33. The van der Waals surface area contributed by atoms with E-state index in [1.165, 1.54) is 31.0 Å². The topological polar surface area (TPSA) is 15.3 Å². The molecule has 1 saturated heterocycles. The summed E-state index contributed by atoms with van der Waals surface area (Å²) in [4.78, 5) is 2.74. The fourth-order valence-corrected chi connectivity index (χ4v) is 3.46. The van der Waals surface area contributed by atoms with Crippen molar-refractivity contribution in [2.24, 2.45) is 11.3 Å². The monoisotopic (exact) mass is 286 g/mol. The molecule has 1 fully saturated rings. The quantitative estimate of drug-likeness (QED) is 0.753. The molecule has 0 spiro atoms. The van der Waals surface area contributed by atoms with Crippen molar-refractivity contribution >= 4 is 11.8 Å². The number of thioether (sulfide) groups is 1. The van der Waals surface area contributed by atoms with E-state index in [0.717, 1.165) is 12.5 Å². The summed E-state index contributed by atoms with van der Waals surface area (Å²) in [5.74, 6) is 3.30. The maximum absolute atomic E-state index is 3.78. The Hall–Kier alpha value is 0.270. The van der Waals surface area contributed by atoms with Crippen molar-refractivity contribution in [3.05, 3.63) is 0 Å². The van der Waals surface area contributed by atoms with Crippen molar-refractivity contribution in [2.75, 3.05) is 31.1 Å². The number of piperazine rings is 1. The zero-order valence-corrected chi connectivity index (χ0v) is 14.6. The van der Waals surface area contributed by atoms with Crippen molar-refractivity contribution in [2.45, 2.75) is 60.0 Å². The maximum atomic E-state index is 3.78. The van der Waals surface area contributed by atoms with Gasteiger partial charge in [0.25, 0.3) is 0 Å². The summed E-state index contributed by atoms with van der Waals surface area (Å²) in [5.41, 5.74) is 0.359. The van der Waals surface area contributed by atoms with E-state index in [9.17, 15) is 0 Å². The highest BCUT2D eigenvalue weighted by atomic mass is 32.2. The molecule has 1 aliphatic rings. The zero-order chi connectivity index (χ0) is 14.5. The molecule has 0 bridgehead atoms. The molecule has 0 saturated carbocycles. The van der Waals surface area contributed by atoms with Crippen LogP contribution < -0.4 is 5.32 Å². The van der Waals surface area contributed by atoms with Crippen LogP contribution in [0.1, 0.15) is 48.0 Å². The lowest BCUT2D eigenvalue weighted by molar-refractivity contribution is 0.0637. The number of nitrogens with one attached hydrogen (secondary N) is 1. The number of hydrogen-bond acceptors (Lipinski definition) is 3.